The van der Waals surface area contributed by atoms with E-state index in [0.29, 0.717) is 16.9 Å². The van der Waals surface area contributed by atoms with E-state index in [1.165, 1.54) is 11.8 Å². The van der Waals surface area contributed by atoms with Crippen molar-refractivity contribution in [3.63, 3.8) is 0 Å². The second-order valence-corrected chi connectivity index (χ2v) is 4.81. The minimum Gasteiger partial charge on any atom is -0.410 e. The minimum atomic E-state index is 0.502. The number of aromatic nitrogens is 3. The van der Waals surface area contributed by atoms with Crippen molar-refractivity contribution in [2.75, 3.05) is 5.75 Å². The van der Waals surface area contributed by atoms with Gasteiger partial charge in [0, 0.05) is 11.9 Å². The van der Waals surface area contributed by atoms with Crippen LogP contribution < -0.4 is 0 Å². The Morgan fingerprint density at radius 1 is 1.60 bits per heavy atom. The standard InChI is InChI=1S/C9H8BrN3OS/c1-6(10)5-15-9-13-12-8(14-9)7-3-2-4-11-7/h2-4,11H,1,5H2. The van der Waals surface area contributed by atoms with Gasteiger partial charge in [-0.15, -0.1) is 10.2 Å². The van der Waals surface area contributed by atoms with Gasteiger partial charge >= 0.3 is 0 Å². The molecule has 0 saturated heterocycles. The zero-order valence-corrected chi connectivity index (χ0v) is 10.1. The summed E-state index contributed by atoms with van der Waals surface area (Å²) in [7, 11) is 0. The Balaban J connectivity index is 2.08. The van der Waals surface area contributed by atoms with Gasteiger partial charge in [-0.1, -0.05) is 34.3 Å². The van der Waals surface area contributed by atoms with Crippen LogP contribution >= 0.6 is 27.7 Å². The number of H-pyrrole nitrogens is 1. The van der Waals surface area contributed by atoms with Crippen molar-refractivity contribution in [2.45, 2.75) is 5.22 Å². The molecule has 2 aromatic heterocycles. The molecule has 0 atom stereocenters. The first kappa shape index (κ1) is 10.5. The topological polar surface area (TPSA) is 54.7 Å². The fourth-order valence-corrected chi connectivity index (χ4v) is 1.84. The van der Waals surface area contributed by atoms with E-state index in [1.54, 1.807) is 0 Å². The van der Waals surface area contributed by atoms with Crippen LogP contribution in [0.2, 0.25) is 0 Å². The van der Waals surface area contributed by atoms with Gasteiger partial charge in [-0.25, -0.2) is 0 Å². The fourth-order valence-electron chi connectivity index (χ4n) is 0.980. The third-order valence-electron chi connectivity index (χ3n) is 1.59. The lowest BCUT2D eigenvalue weighted by Crippen LogP contribution is -1.76. The first-order chi connectivity index (χ1) is 7.25. The summed E-state index contributed by atoms with van der Waals surface area (Å²) in [5.41, 5.74) is 0.826. The molecular weight excluding hydrogens is 278 g/mol. The molecule has 0 saturated carbocycles. The molecule has 0 aromatic carbocycles. The summed E-state index contributed by atoms with van der Waals surface area (Å²) in [4.78, 5) is 3.00. The van der Waals surface area contributed by atoms with Crippen LogP contribution in [0, 0.1) is 0 Å². The van der Waals surface area contributed by atoms with Gasteiger partial charge in [0.2, 0.25) is 0 Å². The maximum absolute atomic E-state index is 5.43. The van der Waals surface area contributed by atoms with Crippen molar-refractivity contribution in [1.82, 2.24) is 15.2 Å². The van der Waals surface area contributed by atoms with Crippen LogP contribution in [0.4, 0.5) is 0 Å². The van der Waals surface area contributed by atoms with Crippen LogP contribution in [-0.2, 0) is 0 Å². The monoisotopic (exact) mass is 285 g/mol. The van der Waals surface area contributed by atoms with Crippen molar-refractivity contribution in [3.8, 4) is 11.6 Å². The second kappa shape index (κ2) is 4.67. The van der Waals surface area contributed by atoms with Gasteiger partial charge in [0.25, 0.3) is 11.1 Å². The number of rotatable bonds is 4. The van der Waals surface area contributed by atoms with Gasteiger partial charge in [-0.3, -0.25) is 0 Å². The van der Waals surface area contributed by atoms with E-state index in [0.717, 1.165) is 10.2 Å². The number of thioether (sulfide) groups is 1. The Bertz CT molecular complexity index is 452. The van der Waals surface area contributed by atoms with Gasteiger partial charge in [0.05, 0.1) is 0 Å². The predicted octanol–water partition coefficient (Wildman–Crippen LogP) is 3.07. The van der Waals surface area contributed by atoms with E-state index in [1.807, 2.05) is 18.3 Å². The maximum Gasteiger partial charge on any atom is 0.277 e. The Kier molecular flexibility index (Phi) is 3.27. The first-order valence-electron chi connectivity index (χ1n) is 4.19. The quantitative estimate of drug-likeness (QED) is 0.878. The van der Waals surface area contributed by atoms with E-state index in [4.69, 9.17) is 4.42 Å². The van der Waals surface area contributed by atoms with Crippen molar-refractivity contribution >= 4 is 27.7 Å². The molecule has 0 radical (unpaired) electrons. The lowest BCUT2D eigenvalue weighted by molar-refractivity contribution is 0.465. The normalized spacial score (nSPS) is 10.5. The largest absolute Gasteiger partial charge is 0.410 e. The van der Waals surface area contributed by atoms with Gasteiger partial charge in [-0.05, 0) is 16.6 Å². The van der Waals surface area contributed by atoms with E-state index in [9.17, 15) is 0 Å². The average Bonchev–Trinajstić information content (AvgIpc) is 2.85. The highest BCUT2D eigenvalue weighted by atomic mass is 79.9. The Morgan fingerprint density at radius 3 is 3.13 bits per heavy atom. The SMILES string of the molecule is C=C(Br)CSc1nnc(-c2ccc[nH]2)o1. The number of halogens is 1. The van der Waals surface area contributed by atoms with Crippen LogP contribution in [0.15, 0.2) is 39.0 Å². The summed E-state index contributed by atoms with van der Waals surface area (Å²) in [5.74, 6) is 1.22. The Hall–Kier alpha value is -1.01. The zero-order chi connectivity index (χ0) is 10.7. The molecule has 0 fully saturated rings. The summed E-state index contributed by atoms with van der Waals surface area (Å²) in [6.07, 6.45) is 1.81. The van der Waals surface area contributed by atoms with Crippen LogP contribution in [-0.4, -0.2) is 20.9 Å². The highest BCUT2D eigenvalue weighted by Gasteiger charge is 2.09. The summed E-state index contributed by atoms with van der Waals surface area (Å²) < 4.78 is 6.32. The molecule has 0 aliphatic heterocycles. The van der Waals surface area contributed by atoms with Crippen molar-refractivity contribution < 1.29 is 4.42 Å². The molecule has 2 heterocycles. The molecule has 0 amide bonds. The number of nitrogens with zero attached hydrogens (tertiary/aromatic N) is 2. The molecule has 6 heteroatoms. The van der Waals surface area contributed by atoms with Gasteiger partial charge in [0.15, 0.2) is 0 Å². The molecule has 0 bridgehead atoms. The molecule has 4 nitrogen and oxygen atoms in total. The molecule has 1 N–H and O–H groups in total. The molecule has 2 aromatic rings. The zero-order valence-electron chi connectivity index (χ0n) is 7.74. The lowest BCUT2D eigenvalue weighted by Gasteiger charge is -1.91. The van der Waals surface area contributed by atoms with E-state index in [2.05, 4.69) is 37.7 Å². The number of hydrogen-bond donors (Lipinski definition) is 1. The smallest absolute Gasteiger partial charge is 0.277 e. The molecule has 0 aliphatic rings. The van der Waals surface area contributed by atoms with E-state index >= 15 is 0 Å². The van der Waals surface area contributed by atoms with Crippen LogP contribution in [0.25, 0.3) is 11.6 Å². The molecule has 78 valence electrons. The van der Waals surface area contributed by atoms with Crippen LogP contribution in [0.3, 0.4) is 0 Å². The number of nitrogens with one attached hydrogen (secondary N) is 1. The molecule has 0 unspecified atom stereocenters. The minimum absolute atomic E-state index is 0.502. The molecule has 15 heavy (non-hydrogen) atoms. The van der Waals surface area contributed by atoms with Crippen LogP contribution in [0.5, 0.6) is 0 Å². The van der Waals surface area contributed by atoms with Gasteiger partial charge in [-0.2, -0.15) is 0 Å². The lowest BCUT2D eigenvalue weighted by atomic mass is 10.4. The molecule has 2 rings (SSSR count). The number of hydrogen-bond acceptors (Lipinski definition) is 4. The third kappa shape index (κ3) is 2.73. The highest BCUT2D eigenvalue weighted by Crippen LogP contribution is 2.24. The summed E-state index contributed by atoms with van der Waals surface area (Å²) >= 11 is 4.71. The number of aromatic amines is 1. The van der Waals surface area contributed by atoms with Crippen LogP contribution in [0.1, 0.15) is 0 Å². The fraction of sp³-hybridized carbons (Fsp3) is 0.111. The highest BCUT2D eigenvalue weighted by molar-refractivity contribution is 9.11. The third-order valence-corrected chi connectivity index (χ3v) is 3.14. The van der Waals surface area contributed by atoms with Crippen molar-refractivity contribution in [2.24, 2.45) is 0 Å². The Morgan fingerprint density at radius 2 is 2.47 bits per heavy atom. The predicted molar refractivity (Wildman–Crippen MR) is 62.9 cm³/mol. The average molecular weight is 286 g/mol. The van der Waals surface area contributed by atoms with Gasteiger partial charge in [0.1, 0.15) is 5.69 Å². The maximum atomic E-state index is 5.43. The van der Waals surface area contributed by atoms with E-state index < -0.39 is 0 Å². The van der Waals surface area contributed by atoms with Gasteiger partial charge < -0.3 is 9.40 Å². The summed E-state index contributed by atoms with van der Waals surface area (Å²) in [5, 5.41) is 8.37. The molecular formula is C9H8BrN3OS. The molecule has 0 aliphatic carbocycles. The summed E-state index contributed by atoms with van der Waals surface area (Å²) in [6, 6.07) is 3.76. The first-order valence-corrected chi connectivity index (χ1v) is 5.97. The van der Waals surface area contributed by atoms with E-state index in [-0.39, 0.29) is 0 Å². The van der Waals surface area contributed by atoms with Crippen molar-refractivity contribution in [3.05, 3.63) is 29.4 Å². The summed E-state index contributed by atoms with van der Waals surface area (Å²) in [6.45, 7) is 3.73. The van der Waals surface area contributed by atoms with Crippen molar-refractivity contribution in [1.29, 1.82) is 0 Å². The molecule has 0 spiro atoms. The second-order valence-electron chi connectivity index (χ2n) is 2.76. The Labute approximate surface area is 99.3 Å².